The van der Waals surface area contributed by atoms with Gasteiger partial charge in [-0.3, -0.25) is 4.90 Å². The Hall–Kier alpha value is -0.570. The third-order valence-electron chi connectivity index (χ3n) is 2.98. The van der Waals surface area contributed by atoms with Crippen LogP contribution in [-0.4, -0.2) is 37.7 Å². The van der Waals surface area contributed by atoms with Crippen molar-refractivity contribution in [3.8, 4) is 0 Å². The first-order chi connectivity index (χ1) is 7.86. The van der Waals surface area contributed by atoms with Crippen molar-refractivity contribution in [2.75, 3.05) is 32.8 Å². The van der Waals surface area contributed by atoms with Crippen LogP contribution in [0.5, 0.6) is 0 Å². The quantitative estimate of drug-likeness (QED) is 0.801. The maximum Gasteiger partial charge on any atom is 0.0594 e. The molecule has 1 aromatic rings. The van der Waals surface area contributed by atoms with Crippen molar-refractivity contribution >= 4 is 11.6 Å². The first kappa shape index (κ1) is 11.9. The number of morpholine rings is 1. The third-order valence-corrected chi connectivity index (χ3v) is 3.35. The van der Waals surface area contributed by atoms with Gasteiger partial charge in [-0.2, -0.15) is 0 Å². The van der Waals surface area contributed by atoms with Crippen molar-refractivity contribution in [3.05, 3.63) is 34.9 Å². The average molecular weight is 240 g/mol. The van der Waals surface area contributed by atoms with E-state index in [2.05, 4.69) is 17.0 Å². The standard InChI is InChI=1S/C13H18ClNO/c14-13-6-2-1-4-12(13)5-3-7-15-8-10-16-11-9-15/h1-2,4,6H,3,5,7-11H2. The van der Waals surface area contributed by atoms with Gasteiger partial charge in [0.15, 0.2) is 0 Å². The largest absolute Gasteiger partial charge is 0.379 e. The second-order valence-electron chi connectivity index (χ2n) is 4.15. The van der Waals surface area contributed by atoms with Crippen molar-refractivity contribution in [3.63, 3.8) is 0 Å². The molecule has 0 bridgehead atoms. The number of aryl methyl sites for hydroxylation is 1. The highest BCUT2D eigenvalue weighted by Gasteiger charge is 2.09. The fourth-order valence-corrected chi connectivity index (χ4v) is 2.25. The topological polar surface area (TPSA) is 12.5 Å². The normalized spacial score (nSPS) is 17.6. The van der Waals surface area contributed by atoms with Gasteiger partial charge in [0.05, 0.1) is 13.2 Å². The van der Waals surface area contributed by atoms with Gasteiger partial charge < -0.3 is 4.74 Å². The summed E-state index contributed by atoms with van der Waals surface area (Å²) in [5.41, 5.74) is 1.26. The van der Waals surface area contributed by atoms with Gasteiger partial charge in [0.25, 0.3) is 0 Å². The van der Waals surface area contributed by atoms with Crippen molar-refractivity contribution < 1.29 is 4.74 Å². The van der Waals surface area contributed by atoms with Crippen LogP contribution in [-0.2, 0) is 11.2 Å². The maximum atomic E-state index is 6.11. The van der Waals surface area contributed by atoms with E-state index in [0.717, 1.165) is 44.3 Å². The lowest BCUT2D eigenvalue weighted by Crippen LogP contribution is -2.36. The van der Waals surface area contributed by atoms with Crippen LogP contribution in [0.4, 0.5) is 0 Å². The molecule has 1 aliphatic rings. The van der Waals surface area contributed by atoms with Crippen molar-refractivity contribution in [2.24, 2.45) is 0 Å². The molecule has 2 rings (SSSR count). The number of ether oxygens (including phenoxy) is 1. The Labute approximate surface area is 102 Å². The molecule has 1 saturated heterocycles. The number of halogens is 1. The molecule has 16 heavy (non-hydrogen) atoms. The monoisotopic (exact) mass is 239 g/mol. The number of hydrogen-bond acceptors (Lipinski definition) is 2. The van der Waals surface area contributed by atoms with E-state index in [0.29, 0.717) is 0 Å². The predicted octanol–water partition coefficient (Wildman–Crippen LogP) is 2.60. The molecule has 2 nitrogen and oxygen atoms in total. The van der Waals surface area contributed by atoms with Gasteiger partial charge in [0.1, 0.15) is 0 Å². The summed E-state index contributed by atoms with van der Waals surface area (Å²) in [5, 5.41) is 0.893. The summed E-state index contributed by atoms with van der Waals surface area (Å²) in [6, 6.07) is 8.11. The van der Waals surface area contributed by atoms with Crippen LogP contribution in [0.25, 0.3) is 0 Å². The number of benzene rings is 1. The predicted molar refractivity (Wildman–Crippen MR) is 67.0 cm³/mol. The van der Waals surface area contributed by atoms with Gasteiger partial charge in [0.2, 0.25) is 0 Å². The molecular formula is C13H18ClNO. The zero-order chi connectivity index (χ0) is 11.2. The second kappa shape index (κ2) is 6.24. The van der Waals surface area contributed by atoms with Gasteiger partial charge in [-0.15, -0.1) is 0 Å². The van der Waals surface area contributed by atoms with E-state index in [4.69, 9.17) is 16.3 Å². The zero-order valence-electron chi connectivity index (χ0n) is 9.49. The first-order valence-electron chi connectivity index (χ1n) is 5.90. The van der Waals surface area contributed by atoms with Crippen molar-refractivity contribution in [1.82, 2.24) is 4.90 Å². The summed E-state index contributed by atoms with van der Waals surface area (Å²) in [5.74, 6) is 0. The molecule has 0 atom stereocenters. The van der Waals surface area contributed by atoms with E-state index in [1.807, 2.05) is 12.1 Å². The van der Waals surface area contributed by atoms with E-state index in [9.17, 15) is 0 Å². The molecule has 0 saturated carbocycles. The van der Waals surface area contributed by atoms with Crippen LogP contribution in [0, 0.1) is 0 Å². The minimum absolute atomic E-state index is 0.881. The van der Waals surface area contributed by atoms with Crippen LogP contribution >= 0.6 is 11.6 Å². The Morgan fingerprint density at radius 1 is 1.19 bits per heavy atom. The zero-order valence-corrected chi connectivity index (χ0v) is 10.2. The van der Waals surface area contributed by atoms with Gasteiger partial charge in [-0.1, -0.05) is 29.8 Å². The van der Waals surface area contributed by atoms with Crippen molar-refractivity contribution in [1.29, 1.82) is 0 Å². The lowest BCUT2D eigenvalue weighted by Gasteiger charge is -2.26. The maximum absolute atomic E-state index is 6.11. The van der Waals surface area contributed by atoms with E-state index in [-0.39, 0.29) is 0 Å². The molecule has 0 spiro atoms. The number of nitrogens with zero attached hydrogens (tertiary/aromatic N) is 1. The summed E-state index contributed by atoms with van der Waals surface area (Å²) in [4.78, 5) is 2.46. The van der Waals surface area contributed by atoms with E-state index < -0.39 is 0 Å². The van der Waals surface area contributed by atoms with Gasteiger partial charge in [0, 0.05) is 18.1 Å². The van der Waals surface area contributed by atoms with Gasteiger partial charge >= 0.3 is 0 Å². The Balaban J connectivity index is 1.73. The minimum Gasteiger partial charge on any atom is -0.379 e. The average Bonchev–Trinajstić information content (AvgIpc) is 2.33. The molecule has 3 heteroatoms. The molecule has 1 heterocycles. The molecule has 1 aromatic carbocycles. The van der Waals surface area contributed by atoms with Crippen molar-refractivity contribution in [2.45, 2.75) is 12.8 Å². The summed E-state index contributed by atoms with van der Waals surface area (Å²) in [6.45, 7) is 5.05. The molecule has 1 aliphatic heterocycles. The SMILES string of the molecule is Clc1ccccc1CCCN1CCOCC1. The molecular weight excluding hydrogens is 222 g/mol. The smallest absolute Gasteiger partial charge is 0.0594 e. The van der Waals surface area contributed by atoms with Crippen LogP contribution < -0.4 is 0 Å². The second-order valence-corrected chi connectivity index (χ2v) is 4.56. The lowest BCUT2D eigenvalue weighted by molar-refractivity contribution is 0.0375. The van der Waals surface area contributed by atoms with Crippen LogP contribution in [0.1, 0.15) is 12.0 Å². The fraction of sp³-hybridized carbons (Fsp3) is 0.538. The molecule has 0 unspecified atom stereocenters. The molecule has 0 amide bonds. The lowest BCUT2D eigenvalue weighted by atomic mass is 10.1. The third kappa shape index (κ3) is 3.48. The molecule has 88 valence electrons. The fourth-order valence-electron chi connectivity index (χ4n) is 2.02. The Bertz CT molecular complexity index is 323. The summed E-state index contributed by atoms with van der Waals surface area (Å²) >= 11 is 6.11. The highest BCUT2D eigenvalue weighted by molar-refractivity contribution is 6.31. The summed E-state index contributed by atoms with van der Waals surface area (Å²) in [7, 11) is 0. The van der Waals surface area contributed by atoms with Crippen LogP contribution in [0.3, 0.4) is 0 Å². The van der Waals surface area contributed by atoms with Crippen LogP contribution in [0.2, 0.25) is 5.02 Å². The first-order valence-corrected chi connectivity index (χ1v) is 6.27. The highest BCUT2D eigenvalue weighted by atomic mass is 35.5. The summed E-state index contributed by atoms with van der Waals surface area (Å²) in [6.07, 6.45) is 2.24. The molecule has 0 radical (unpaired) electrons. The molecule has 1 fully saturated rings. The Kier molecular flexibility index (Phi) is 4.64. The van der Waals surface area contributed by atoms with E-state index >= 15 is 0 Å². The summed E-state index contributed by atoms with van der Waals surface area (Å²) < 4.78 is 5.32. The molecule has 0 aliphatic carbocycles. The van der Waals surface area contributed by atoms with Gasteiger partial charge in [-0.25, -0.2) is 0 Å². The van der Waals surface area contributed by atoms with Crippen LogP contribution in [0.15, 0.2) is 24.3 Å². The number of hydrogen-bond donors (Lipinski definition) is 0. The van der Waals surface area contributed by atoms with Gasteiger partial charge in [-0.05, 0) is 31.0 Å². The highest BCUT2D eigenvalue weighted by Crippen LogP contribution is 2.16. The van der Waals surface area contributed by atoms with E-state index in [1.54, 1.807) is 0 Å². The number of rotatable bonds is 4. The molecule has 0 N–H and O–H groups in total. The Morgan fingerprint density at radius 3 is 2.69 bits per heavy atom. The minimum atomic E-state index is 0.881. The molecule has 0 aromatic heterocycles. The van der Waals surface area contributed by atoms with E-state index in [1.165, 1.54) is 12.0 Å². The Morgan fingerprint density at radius 2 is 1.94 bits per heavy atom.